The lowest BCUT2D eigenvalue weighted by atomic mass is 10.2. The molecule has 0 aliphatic rings. The predicted molar refractivity (Wildman–Crippen MR) is 70.5 cm³/mol. The van der Waals surface area contributed by atoms with Crippen molar-refractivity contribution in [3.8, 4) is 0 Å². The molecule has 2 N–H and O–H groups in total. The number of nitrogens with two attached hydrogens (primary N) is 1. The van der Waals surface area contributed by atoms with Gasteiger partial charge >= 0.3 is 0 Å². The molecule has 0 bridgehead atoms. The van der Waals surface area contributed by atoms with Crippen molar-refractivity contribution < 1.29 is 0 Å². The van der Waals surface area contributed by atoms with E-state index in [1.54, 1.807) is 6.20 Å². The summed E-state index contributed by atoms with van der Waals surface area (Å²) in [5.41, 5.74) is 9.74. The van der Waals surface area contributed by atoms with Crippen LogP contribution in [-0.4, -0.2) is 10.8 Å². The molecule has 0 amide bonds. The number of hydrogen-bond donors (Lipinski definition) is 1. The zero-order valence-electron chi connectivity index (χ0n) is 10.0. The fraction of sp³-hybridized carbons (Fsp3) is 0.143. The van der Waals surface area contributed by atoms with Gasteiger partial charge in [-0.1, -0.05) is 30.3 Å². The van der Waals surface area contributed by atoms with Crippen LogP contribution in [0.2, 0.25) is 0 Å². The van der Waals surface area contributed by atoms with Gasteiger partial charge in [0.15, 0.2) is 0 Å². The number of pyridine rings is 1. The first-order chi connectivity index (χ1) is 8.18. The van der Waals surface area contributed by atoms with Crippen LogP contribution in [0.3, 0.4) is 0 Å². The van der Waals surface area contributed by atoms with Gasteiger partial charge in [0, 0.05) is 11.8 Å². The highest BCUT2D eigenvalue weighted by Crippen LogP contribution is 2.21. The maximum atomic E-state index is 5.99. The second kappa shape index (κ2) is 4.78. The zero-order chi connectivity index (χ0) is 12.3. The molecule has 3 nitrogen and oxygen atoms in total. The number of rotatable bonds is 2. The van der Waals surface area contributed by atoms with Crippen LogP contribution in [0.15, 0.2) is 47.6 Å². The summed E-state index contributed by atoms with van der Waals surface area (Å²) in [5.74, 6) is 0.518. The third-order valence-electron chi connectivity index (χ3n) is 2.61. The van der Waals surface area contributed by atoms with Crippen molar-refractivity contribution in [2.75, 3.05) is 0 Å². The monoisotopic (exact) mass is 225 g/mol. The number of benzene rings is 1. The van der Waals surface area contributed by atoms with Crippen molar-refractivity contribution in [2.45, 2.75) is 13.8 Å². The van der Waals surface area contributed by atoms with Gasteiger partial charge in [-0.3, -0.25) is 4.98 Å². The average Bonchev–Trinajstić information content (AvgIpc) is 2.35. The highest BCUT2D eigenvalue weighted by molar-refractivity contribution is 5.99. The van der Waals surface area contributed by atoms with Crippen molar-refractivity contribution >= 4 is 11.5 Å². The second-order valence-electron chi connectivity index (χ2n) is 3.92. The van der Waals surface area contributed by atoms with E-state index in [1.165, 1.54) is 0 Å². The molecular formula is C14H15N3. The van der Waals surface area contributed by atoms with E-state index < -0.39 is 0 Å². The lowest BCUT2D eigenvalue weighted by Crippen LogP contribution is -2.12. The number of amidine groups is 1. The van der Waals surface area contributed by atoms with E-state index in [0.717, 1.165) is 22.5 Å². The van der Waals surface area contributed by atoms with Gasteiger partial charge in [-0.25, -0.2) is 4.99 Å². The first-order valence-corrected chi connectivity index (χ1v) is 5.50. The van der Waals surface area contributed by atoms with Gasteiger partial charge in [-0.05, 0) is 25.5 Å². The van der Waals surface area contributed by atoms with E-state index in [0.29, 0.717) is 5.84 Å². The summed E-state index contributed by atoms with van der Waals surface area (Å²) in [6.07, 6.45) is 1.78. The molecule has 17 heavy (non-hydrogen) atoms. The van der Waals surface area contributed by atoms with Crippen LogP contribution < -0.4 is 5.73 Å². The molecule has 0 fully saturated rings. The van der Waals surface area contributed by atoms with E-state index in [9.17, 15) is 0 Å². The van der Waals surface area contributed by atoms with Crippen LogP contribution in [0.1, 0.15) is 16.8 Å². The van der Waals surface area contributed by atoms with Crippen molar-refractivity contribution in [1.82, 2.24) is 4.98 Å². The Labute approximate surface area is 101 Å². The van der Waals surface area contributed by atoms with Gasteiger partial charge in [0.2, 0.25) is 0 Å². The summed E-state index contributed by atoms with van der Waals surface area (Å²) in [5, 5.41) is 0. The fourth-order valence-electron chi connectivity index (χ4n) is 1.65. The van der Waals surface area contributed by atoms with Gasteiger partial charge in [0.05, 0.1) is 11.4 Å². The summed E-state index contributed by atoms with van der Waals surface area (Å²) >= 11 is 0. The minimum Gasteiger partial charge on any atom is -0.383 e. The van der Waals surface area contributed by atoms with Crippen LogP contribution >= 0.6 is 0 Å². The molecule has 1 heterocycles. The molecule has 2 rings (SSSR count). The largest absolute Gasteiger partial charge is 0.383 e. The van der Waals surface area contributed by atoms with Gasteiger partial charge in [-0.2, -0.15) is 0 Å². The first-order valence-electron chi connectivity index (χ1n) is 5.50. The highest BCUT2D eigenvalue weighted by Gasteiger charge is 2.03. The predicted octanol–water partition coefficient (Wildman–Crippen LogP) is 2.74. The van der Waals surface area contributed by atoms with E-state index in [-0.39, 0.29) is 0 Å². The maximum absolute atomic E-state index is 5.99. The number of aliphatic imine (C=N–C) groups is 1. The quantitative estimate of drug-likeness (QED) is 0.631. The summed E-state index contributed by atoms with van der Waals surface area (Å²) < 4.78 is 0. The third-order valence-corrected chi connectivity index (χ3v) is 2.61. The Hall–Kier alpha value is -2.16. The number of aromatic nitrogens is 1. The molecule has 0 aliphatic heterocycles. The highest BCUT2D eigenvalue weighted by atomic mass is 14.9. The smallest absolute Gasteiger partial charge is 0.131 e. The average molecular weight is 225 g/mol. The van der Waals surface area contributed by atoms with Crippen LogP contribution in [0.5, 0.6) is 0 Å². The summed E-state index contributed by atoms with van der Waals surface area (Å²) in [7, 11) is 0. The molecule has 0 saturated carbocycles. The van der Waals surface area contributed by atoms with Gasteiger partial charge < -0.3 is 5.73 Å². The standard InChI is InChI=1S/C14H15N3/c1-10-8-9-16-11(2)13(10)17-14(15)12-6-4-3-5-7-12/h3-9H,1-2H3,(H2,15,17). The minimum atomic E-state index is 0.518. The first kappa shape index (κ1) is 11.3. The zero-order valence-corrected chi connectivity index (χ0v) is 10.0. The Morgan fingerprint density at radius 1 is 1.12 bits per heavy atom. The molecule has 0 saturated heterocycles. The molecule has 86 valence electrons. The van der Waals surface area contributed by atoms with E-state index in [2.05, 4.69) is 9.98 Å². The SMILES string of the molecule is Cc1ccnc(C)c1N=C(N)c1ccccc1. The fourth-order valence-corrected chi connectivity index (χ4v) is 1.65. The molecule has 1 aromatic heterocycles. The van der Waals surface area contributed by atoms with Gasteiger partial charge in [-0.15, -0.1) is 0 Å². The number of nitrogens with zero attached hydrogens (tertiary/aromatic N) is 2. The van der Waals surface area contributed by atoms with Crippen LogP contribution in [-0.2, 0) is 0 Å². The molecule has 2 aromatic rings. The number of aryl methyl sites for hydroxylation is 2. The molecule has 0 aliphatic carbocycles. The molecule has 0 atom stereocenters. The van der Waals surface area contributed by atoms with E-state index >= 15 is 0 Å². The third kappa shape index (κ3) is 2.50. The van der Waals surface area contributed by atoms with Crippen molar-refractivity contribution in [3.05, 3.63) is 59.4 Å². The molecule has 0 unspecified atom stereocenters. The molecule has 0 radical (unpaired) electrons. The Bertz CT molecular complexity index is 524. The van der Waals surface area contributed by atoms with Crippen molar-refractivity contribution in [2.24, 2.45) is 10.7 Å². The van der Waals surface area contributed by atoms with Gasteiger partial charge in [0.25, 0.3) is 0 Å². The molecular weight excluding hydrogens is 210 g/mol. The lowest BCUT2D eigenvalue weighted by Gasteiger charge is -2.05. The summed E-state index contributed by atoms with van der Waals surface area (Å²) in [4.78, 5) is 8.68. The lowest BCUT2D eigenvalue weighted by molar-refractivity contribution is 1.16. The topological polar surface area (TPSA) is 51.3 Å². The van der Waals surface area contributed by atoms with Crippen LogP contribution in [0.4, 0.5) is 5.69 Å². The van der Waals surface area contributed by atoms with Crippen molar-refractivity contribution in [1.29, 1.82) is 0 Å². The minimum absolute atomic E-state index is 0.518. The Morgan fingerprint density at radius 3 is 2.47 bits per heavy atom. The maximum Gasteiger partial charge on any atom is 0.131 e. The normalized spacial score (nSPS) is 11.5. The number of hydrogen-bond acceptors (Lipinski definition) is 2. The summed E-state index contributed by atoms with van der Waals surface area (Å²) in [6.45, 7) is 3.94. The second-order valence-corrected chi connectivity index (χ2v) is 3.92. The Kier molecular flexibility index (Phi) is 3.19. The van der Waals surface area contributed by atoms with E-state index in [1.807, 2.05) is 50.2 Å². The Morgan fingerprint density at radius 2 is 1.82 bits per heavy atom. The molecule has 1 aromatic carbocycles. The summed E-state index contributed by atoms with van der Waals surface area (Å²) in [6, 6.07) is 11.7. The van der Waals surface area contributed by atoms with Gasteiger partial charge in [0.1, 0.15) is 5.84 Å². The molecule has 3 heteroatoms. The van der Waals surface area contributed by atoms with Crippen LogP contribution in [0, 0.1) is 13.8 Å². The molecule has 0 spiro atoms. The van der Waals surface area contributed by atoms with Crippen LogP contribution in [0.25, 0.3) is 0 Å². The van der Waals surface area contributed by atoms with Crippen molar-refractivity contribution in [3.63, 3.8) is 0 Å². The van der Waals surface area contributed by atoms with E-state index in [4.69, 9.17) is 5.73 Å². The Balaban J connectivity index is 2.43.